The third-order valence-electron chi connectivity index (χ3n) is 29.2. The Bertz CT molecular complexity index is 6440. The summed E-state index contributed by atoms with van der Waals surface area (Å²) >= 11 is 11.8. The highest BCUT2D eigenvalue weighted by molar-refractivity contribution is 9.10. The van der Waals surface area contributed by atoms with E-state index in [1.54, 1.807) is 56.7 Å². The van der Waals surface area contributed by atoms with Crippen LogP contribution in [0.25, 0.3) is 64.7 Å². The monoisotopic (exact) mass is 2130 g/mol. The number of carbonyl (C=O) groups is 1. The van der Waals surface area contributed by atoms with Gasteiger partial charge in [-0.2, -0.15) is 3.89 Å². The molecule has 3 fully saturated rings. The quantitative estimate of drug-likeness (QED) is 0.107. The maximum Gasteiger partial charge on any atom is 0.407 e. The van der Waals surface area contributed by atoms with Gasteiger partial charge in [0, 0.05) is 163 Å². The lowest BCUT2D eigenvalue weighted by molar-refractivity contribution is -0.0368. The highest BCUT2D eigenvalue weighted by Gasteiger charge is 2.39. The van der Waals surface area contributed by atoms with Crippen LogP contribution in [0.15, 0.2) is 153 Å². The number of thiazole rings is 5. The van der Waals surface area contributed by atoms with E-state index < -0.39 is 5.60 Å². The molecule has 0 bridgehead atoms. The number of alkyl carbamates (subject to hydrolysis) is 1. The summed E-state index contributed by atoms with van der Waals surface area (Å²) < 4.78 is 24.8. The van der Waals surface area contributed by atoms with Gasteiger partial charge < -0.3 is 40.1 Å². The first kappa shape index (κ1) is 106. The van der Waals surface area contributed by atoms with Gasteiger partial charge in [-0.1, -0.05) is 87.1 Å². The number of amides is 1. The Morgan fingerprint density at radius 3 is 1.32 bits per heavy atom. The number of aliphatic imine (C=N–C) groups is 1. The SMILES string of the molecule is C.CC1CCCc2ccc(-c3nccs3)nc21.CC1CCCc2ccc(Br)nc21.CSF.C[C@@H]1CCCc2ccc(-c3nccs3)nc21.C[C@H]1CCCc2ccc(-c3nccs3)nc21.C[C@H]1CCN(C2=NCc3nc(N4CCC(C)(CN)CC4)cnc32)c2ccc(-c3nccs3)nc21.C[C@H]1CCN(c2nn(C3CCCCO3)c3nc(N4CCC(C)(CNC(=O)OC(C)(C)C)CC4)cnc23)c2ccc(-c3nccs3)nc21. The molecule has 27 nitrogen and oxygen atoms in total. The Kier molecular flexibility index (Phi) is 35.2. The number of carbonyl (C=O) groups excluding carboxylic acids is 1. The van der Waals surface area contributed by atoms with Gasteiger partial charge in [0.15, 0.2) is 29.0 Å². The fourth-order valence-electron chi connectivity index (χ4n) is 20.7. The van der Waals surface area contributed by atoms with Crippen molar-refractivity contribution in [3.63, 3.8) is 0 Å². The van der Waals surface area contributed by atoms with Crippen molar-refractivity contribution in [1.29, 1.82) is 0 Å². The number of aromatic nitrogens is 17. The highest BCUT2D eigenvalue weighted by atomic mass is 79.9. The maximum atomic E-state index is 12.3. The molecule has 7 atom stereocenters. The van der Waals surface area contributed by atoms with E-state index in [4.69, 9.17) is 70.2 Å². The van der Waals surface area contributed by atoms with E-state index in [1.807, 2.05) is 102 Å². The van der Waals surface area contributed by atoms with E-state index in [-0.39, 0.29) is 42.7 Å². The van der Waals surface area contributed by atoms with Gasteiger partial charge in [0.2, 0.25) is 0 Å². The van der Waals surface area contributed by atoms with Crippen molar-refractivity contribution in [2.24, 2.45) is 21.6 Å². The lowest BCUT2D eigenvalue weighted by Gasteiger charge is -2.40. The molecule has 0 saturated carbocycles. The van der Waals surface area contributed by atoms with Gasteiger partial charge in [-0.15, -0.1) is 61.8 Å². The van der Waals surface area contributed by atoms with Crippen molar-refractivity contribution in [2.45, 2.75) is 272 Å². The van der Waals surface area contributed by atoms with E-state index in [1.165, 1.54) is 128 Å². The Morgan fingerprint density at radius 1 is 0.497 bits per heavy atom. The second kappa shape index (κ2) is 48.2. The van der Waals surface area contributed by atoms with Crippen LogP contribution < -0.4 is 30.7 Å². The van der Waals surface area contributed by atoms with Crippen molar-refractivity contribution in [3.05, 3.63) is 215 Å². The van der Waals surface area contributed by atoms with Crippen LogP contribution in [0, 0.1) is 10.8 Å². The molecule has 1 amide bonds. The largest absolute Gasteiger partial charge is 0.444 e. The number of pyridine rings is 6. The topological polar surface area (TPSA) is 310 Å². The predicted octanol–water partition coefficient (Wildman–Crippen LogP) is 26.7. The molecule has 3 unspecified atom stereocenters. The smallest absolute Gasteiger partial charge is 0.407 e. The standard InChI is InChI=1S/C34H45N9O3S.C25H30N8S.3C13H14N2S.C10H12BrN.CH3FS.CH4/c1-22-11-15-42(24-10-9-23(38-27(22)24)31-35-14-19-47-31)30-28-29(43(40-30)26-8-6-7-18-45-26)39-25(20-36-28)41-16-12-34(5,13-17-41)21-37-32(44)46-33(2,3)4;1-16-5-9-33(19-4-3-17(31-21(16)19)24-27-8-12-34-24)23-22-18(13-29-23)30-20(14-28-22)32-10-6-25(2,15-26)7-11-32;3*1-9-3-2-4-10-5-6-11(15-12(9)10)13-14-7-8-16-13;1-7-3-2-4-8-5-6-9(11)12-10(7)8;1-3-2;/h9-10,14,19-20,22,26H,6-8,11-13,15-18,21H2,1-5H3,(H,37,44);3-4,8,12,14,16H,5-7,9-11,13,15,26H2,1-2H3;3*5-9H,2-4H2,1H3;5-7H,2-4H2,1H3;1H3;1H4/t22-,26?;16-;2*9-;;;;/m0010..../s1. The summed E-state index contributed by atoms with van der Waals surface area (Å²) in [5.74, 6) is 6.66. The molecule has 6 aliphatic heterocycles. The van der Waals surface area contributed by atoms with Crippen LogP contribution in [0.3, 0.4) is 0 Å². The van der Waals surface area contributed by atoms with Crippen LogP contribution in [0.4, 0.5) is 37.5 Å². The van der Waals surface area contributed by atoms with Crippen LogP contribution in [0.2, 0.25) is 0 Å². The van der Waals surface area contributed by atoms with Gasteiger partial charge in [0.1, 0.15) is 52.6 Å². The first-order valence-corrected chi connectivity index (χ1v) is 57.5. The number of nitrogens with one attached hydrogen (secondary N) is 1. The molecule has 0 aromatic carbocycles. The Balaban J connectivity index is 0.000000127. The van der Waals surface area contributed by atoms with Crippen molar-refractivity contribution in [3.8, 4) is 53.5 Å². The zero-order chi connectivity index (χ0) is 100. The Labute approximate surface area is 885 Å². The van der Waals surface area contributed by atoms with Crippen molar-refractivity contribution >= 4 is 137 Å². The number of hydrogen-bond donors (Lipinski definition) is 2. The second-order valence-corrected chi connectivity index (χ2v) is 46.7. The average molecular weight is 2130 g/mol. The number of fused-ring (bicyclic) bond motifs is 8. The van der Waals surface area contributed by atoms with Gasteiger partial charge in [-0.3, -0.25) is 4.99 Å². The van der Waals surface area contributed by atoms with Crippen molar-refractivity contribution < 1.29 is 18.2 Å². The van der Waals surface area contributed by atoms with E-state index in [9.17, 15) is 8.68 Å². The number of anilines is 5. The van der Waals surface area contributed by atoms with E-state index in [0.717, 1.165) is 230 Å². The summed E-state index contributed by atoms with van der Waals surface area (Å²) in [5, 5.41) is 23.1. The fourth-order valence-corrected chi connectivity index (χ4v) is 24.1. The number of amidine groups is 1. The number of halogens is 2. The molecule has 764 valence electrons. The van der Waals surface area contributed by atoms with Crippen LogP contribution >= 0.6 is 84.8 Å². The minimum atomic E-state index is -0.515. The summed E-state index contributed by atoms with van der Waals surface area (Å²) in [6.07, 6.45) is 37.9. The van der Waals surface area contributed by atoms with Crippen LogP contribution in [0.5, 0.6) is 0 Å². The molecular formula is C110H136BrFN24O3S6. The first-order chi connectivity index (χ1) is 69.8. The number of aryl methyl sites for hydroxylation is 4. The molecule has 145 heavy (non-hydrogen) atoms. The lowest BCUT2D eigenvalue weighted by Crippen LogP contribution is -2.46. The normalized spacial score (nSPS) is 20.3. The number of nitrogens with two attached hydrogens (primary N) is 1. The minimum Gasteiger partial charge on any atom is -0.444 e. The molecule has 24 rings (SSSR count). The van der Waals surface area contributed by atoms with E-state index in [0.29, 0.717) is 55.2 Å². The Morgan fingerprint density at radius 2 is 0.897 bits per heavy atom. The van der Waals surface area contributed by atoms with Gasteiger partial charge in [0.05, 0.1) is 75.9 Å². The van der Waals surface area contributed by atoms with E-state index >= 15 is 0 Å². The average Bonchev–Trinajstić information content (AvgIpc) is 1.61. The molecule has 10 aliphatic rings. The molecule has 3 N–H and O–H groups in total. The van der Waals surface area contributed by atoms with Crippen LogP contribution in [-0.4, -0.2) is 167 Å². The number of rotatable bonds is 12. The molecule has 20 heterocycles. The lowest BCUT2D eigenvalue weighted by atomic mass is 9.80. The number of ether oxygens (including phenoxy) is 2. The number of nitrogens with zero attached hydrogens (tertiary/aromatic N) is 22. The number of piperidine rings is 2. The molecule has 3 saturated heterocycles. The first-order valence-electron chi connectivity index (χ1n) is 51.1. The third-order valence-corrected chi connectivity index (χ3v) is 33.7. The predicted molar refractivity (Wildman–Crippen MR) is 595 cm³/mol. The molecular weight excluding hydrogens is 2000 g/mol. The molecule has 0 spiro atoms. The zero-order valence-corrected chi connectivity index (χ0v) is 91.1. The van der Waals surface area contributed by atoms with Crippen molar-refractivity contribution in [2.75, 3.05) is 84.8 Å². The Hall–Kier alpha value is -10.5. The van der Waals surface area contributed by atoms with Crippen LogP contribution in [-0.2, 0) is 41.7 Å². The fraction of sp³-hybridized carbons (Fsp3) is 0.491. The highest BCUT2D eigenvalue weighted by Crippen LogP contribution is 2.46. The minimum absolute atomic E-state index is 0. The van der Waals surface area contributed by atoms with Gasteiger partial charge in [-0.05, 0) is 283 Å². The number of hydrogen-bond acceptors (Lipinski definition) is 31. The molecule has 14 aromatic heterocycles. The summed E-state index contributed by atoms with van der Waals surface area (Å²) in [4.78, 5) is 97.3. The second-order valence-electron chi connectivity index (χ2n) is 41.1. The molecule has 0 radical (unpaired) electrons. The van der Waals surface area contributed by atoms with Crippen molar-refractivity contribution in [1.82, 2.24) is 89.9 Å². The molecule has 35 heteroatoms. The van der Waals surface area contributed by atoms with Gasteiger partial charge in [-0.25, -0.2) is 84.2 Å². The summed E-state index contributed by atoms with van der Waals surface area (Å²) in [7, 11) is 0. The van der Waals surface area contributed by atoms with Crippen LogP contribution in [0.1, 0.15) is 302 Å². The van der Waals surface area contributed by atoms with E-state index in [2.05, 4.69) is 193 Å². The molecule has 14 aromatic rings. The summed E-state index contributed by atoms with van der Waals surface area (Å²) in [5.41, 5.74) is 29.2. The van der Waals surface area contributed by atoms with Gasteiger partial charge >= 0.3 is 6.09 Å². The molecule has 4 aliphatic carbocycles. The summed E-state index contributed by atoms with van der Waals surface area (Å²) in [6, 6.07) is 25.7. The zero-order valence-electron chi connectivity index (χ0n) is 84.7. The summed E-state index contributed by atoms with van der Waals surface area (Å²) in [6.45, 7) is 31.6. The maximum absolute atomic E-state index is 12.3. The third kappa shape index (κ3) is 25.4. The van der Waals surface area contributed by atoms with Gasteiger partial charge in [0.25, 0.3) is 0 Å².